The van der Waals surface area contributed by atoms with Gasteiger partial charge >= 0.3 is 6.03 Å². The molecule has 1 unspecified atom stereocenters. The van der Waals surface area contributed by atoms with Crippen molar-refractivity contribution < 1.29 is 13.9 Å². The maximum absolute atomic E-state index is 13.6. The topological polar surface area (TPSA) is 72.3 Å². The van der Waals surface area contributed by atoms with Crippen molar-refractivity contribution in [1.82, 2.24) is 19.7 Å². The first kappa shape index (κ1) is 15.4. The number of carbonyl (C=O) groups is 1. The quantitative estimate of drug-likeness (QED) is 0.934. The van der Waals surface area contributed by atoms with Gasteiger partial charge in [0.1, 0.15) is 0 Å². The average molecular weight is 319 g/mol. The first-order chi connectivity index (χ1) is 11.1. The standard InChI is InChI=1S/C15H18FN5O2/c1-11-6-18-21(8-11)10-12-9-20(4-5-23-12)15(22)19-14-2-3-17-7-13(14)16/h2-3,6-8,12H,4-5,9-10H2,1H3,(H,17,19,22). The smallest absolute Gasteiger partial charge is 0.322 e. The normalized spacial score (nSPS) is 18.0. The summed E-state index contributed by atoms with van der Waals surface area (Å²) in [6.45, 7) is 3.87. The Balaban J connectivity index is 1.59. The van der Waals surface area contributed by atoms with E-state index in [0.717, 1.165) is 11.8 Å². The van der Waals surface area contributed by atoms with Crippen molar-refractivity contribution in [2.24, 2.45) is 0 Å². The van der Waals surface area contributed by atoms with E-state index in [2.05, 4.69) is 15.4 Å². The van der Waals surface area contributed by atoms with Crippen LogP contribution in [0.5, 0.6) is 0 Å². The fourth-order valence-electron chi connectivity index (χ4n) is 2.46. The molecule has 23 heavy (non-hydrogen) atoms. The van der Waals surface area contributed by atoms with E-state index >= 15 is 0 Å². The number of aromatic nitrogens is 3. The van der Waals surface area contributed by atoms with Crippen LogP contribution in [0.15, 0.2) is 30.9 Å². The van der Waals surface area contributed by atoms with Crippen LogP contribution < -0.4 is 5.32 Å². The van der Waals surface area contributed by atoms with Crippen LogP contribution in [-0.2, 0) is 11.3 Å². The maximum Gasteiger partial charge on any atom is 0.322 e. The van der Waals surface area contributed by atoms with Gasteiger partial charge in [-0.2, -0.15) is 5.10 Å². The molecule has 0 aromatic carbocycles. The molecule has 1 saturated heterocycles. The highest BCUT2D eigenvalue weighted by Gasteiger charge is 2.25. The molecule has 3 rings (SSSR count). The molecule has 7 nitrogen and oxygen atoms in total. The molecule has 3 heterocycles. The number of urea groups is 1. The third kappa shape index (κ3) is 3.84. The Morgan fingerprint density at radius 1 is 1.52 bits per heavy atom. The Morgan fingerprint density at radius 2 is 2.39 bits per heavy atom. The molecule has 1 aliphatic heterocycles. The van der Waals surface area contributed by atoms with Gasteiger partial charge in [0.25, 0.3) is 0 Å². The number of amides is 2. The second-order valence-electron chi connectivity index (χ2n) is 5.46. The Labute approximate surface area is 133 Å². The minimum atomic E-state index is -0.558. The lowest BCUT2D eigenvalue weighted by Gasteiger charge is -2.32. The number of morpholine rings is 1. The summed E-state index contributed by atoms with van der Waals surface area (Å²) < 4.78 is 21.0. The molecule has 0 saturated carbocycles. The molecule has 2 aromatic heterocycles. The minimum absolute atomic E-state index is 0.121. The van der Waals surface area contributed by atoms with Crippen molar-refractivity contribution in [2.45, 2.75) is 19.6 Å². The van der Waals surface area contributed by atoms with Gasteiger partial charge < -0.3 is 15.0 Å². The van der Waals surface area contributed by atoms with Gasteiger partial charge in [-0.05, 0) is 18.6 Å². The van der Waals surface area contributed by atoms with E-state index in [9.17, 15) is 9.18 Å². The van der Waals surface area contributed by atoms with Gasteiger partial charge in [0, 0.05) is 18.9 Å². The summed E-state index contributed by atoms with van der Waals surface area (Å²) in [5, 5.41) is 6.78. The van der Waals surface area contributed by atoms with Crippen LogP contribution in [0.3, 0.4) is 0 Å². The van der Waals surface area contributed by atoms with Crippen molar-refractivity contribution in [3.63, 3.8) is 0 Å². The van der Waals surface area contributed by atoms with Gasteiger partial charge in [-0.15, -0.1) is 0 Å². The number of aryl methyl sites for hydroxylation is 1. The molecule has 0 radical (unpaired) electrons. The summed E-state index contributed by atoms with van der Waals surface area (Å²) in [5.41, 5.74) is 1.19. The number of ether oxygens (including phenoxy) is 1. The maximum atomic E-state index is 13.6. The predicted molar refractivity (Wildman–Crippen MR) is 81.5 cm³/mol. The molecule has 1 fully saturated rings. The molecule has 0 spiro atoms. The number of halogens is 1. The van der Waals surface area contributed by atoms with Crippen LogP contribution in [0, 0.1) is 12.7 Å². The SMILES string of the molecule is Cc1cnn(CC2CN(C(=O)Nc3ccncc3F)CCO2)c1. The third-order valence-electron chi connectivity index (χ3n) is 3.59. The van der Waals surface area contributed by atoms with Crippen molar-refractivity contribution >= 4 is 11.7 Å². The van der Waals surface area contributed by atoms with Crippen LogP contribution in [0.2, 0.25) is 0 Å². The summed E-state index contributed by atoms with van der Waals surface area (Å²) in [6, 6.07) is 1.08. The summed E-state index contributed by atoms with van der Waals surface area (Å²) in [5.74, 6) is -0.558. The highest BCUT2D eigenvalue weighted by atomic mass is 19.1. The lowest BCUT2D eigenvalue weighted by Crippen LogP contribution is -2.48. The number of hydrogen-bond donors (Lipinski definition) is 1. The van der Waals surface area contributed by atoms with Crippen LogP contribution in [0.25, 0.3) is 0 Å². The Kier molecular flexibility index (Phi) is 4.52. The van der Waals surface area contributed by atoms with Crippen molar-refractivity contribution in [3.8, 4) is 0 Å². The fourth-order valence-corrected chi connectivity index (χ4v) is 2.46. The molecule has 1 N–H and O–H groups in total. The highest BCUT2D eigenvalue weighted by molar-refractivity contribution is 5.89. The summed E-state index contributed by atoms with van der Waals surface area (Å²) in [4.78, 5) is 17.5. The summed E-state index contributed by atoms with van der Waals surface area (Å²) >= 11 is 0. The zero-order chi connectivity index (χ0) is 16.2. The number of hydrogen-bond acceptors (Lipinski definition) is 4. The Morgan fingerprint density at radius 3 is 3.13 bits per heavy atom. The van der Waals surface area contributed by atoms with Gasteiger partial charge in [0.05, 0.1) is 43.9 Å². The van der Waals surface area contributed by atoms with E-state index in [1.54, 1.807) is 15.8 Å². The third-order valence-corrected chi connectivity index (χ3v) is 3.59. The molecule has 0 bridgehead atoms. The number of nitrogens with one attached hydrogen (secondary N) is 1. The van der Waals surface area contributed by atoms with E-state index in [4.69, 9.17) is 4.74 Å². The molecule has 2 amide bonds. The molecule has 1 atom stereocenters. The number of rotatable bonds is 3. The molecule has 2 aromatic rings. The van der Waals surface area contributed by atoms with E-state index < -0.39 is 5.82 Å². The van der Waals surface area contributed by atoms with Crippen molar-refractivity contribution in [2.75, 3.05) is 25.0 Å². The van der Waals surface area contributed by atoms with Crippen molar-refractivity contribution in [3.05, 3.63) is 42.2 Å². The predicted octanol–water partition coefficient (Wildman–Crippen LogP) is 1.66. The van der Waals surface area contributed by atoms with E-state index in [1.165, 1.54) is 12.3 Å². The number of nitrogens with zero attached hydrogens (tertiary/aromatic N) is 4. The zero-order valence-corrected chi connectivity index (χ0v) is 12.8. The molecule has 0 aliphatic carbocycles. The second-order valence-corrected chi connectivity index (χ2v) is 5.46. The molecular weight excluding hydrogens is 301 g/mol. The Bertz CT molecular complexity index is 690. The lowest BCUT2D eigenvalue weighted by atomic mass is 10.2. The molecule has 8 heteroatoms. The van der Waals surface area contributed by atoms with Crippen LogP contribution in [0.4, 0.5) is 14.9 Å². The van der Waals surface area contributed by atoms with E-state index in [-0.39, 0.29) is 17.8 Å². The summed E-state index contributed by atoms with van der Waals surface area (Å²) in [7, 11) is 0. The molecular formula is C15H18FN5O2. The number of carbonyl (C=O) groups excluding carboxylic acids is 1. The summed E-state index contributed by atoms with van der Waals surface area (Å²) in [6.07, 6.45) is 6.06. The first-order valence-corrected chi connectivity index (χ1v) is 7.38. The van der Waals surface area contributed by atoms with Gasteiger partial charge in [-0.3, -0.25) is 9.67 Å². The number of pyridine rings is 1. The highest BCUT2D eigenvalue weighted by Crippen LogP contribution is 2.14. The average Bonchev–Trinajstić information content (AvgIpc) is 2.95. The van der Waals surface area contributed by atoms with Crippen LogP contribution >= 0.6 is 0 Å². The van der Waals surface area contributed by atoms with Crippen LogP contribution in [0.1, 0.15) is 5.56 Å². The number of anilines is 1. The van der Waals surface area contributed by atoms with Gasteiger partial charge in [0.15, 0.2) is 5.82 Å². The minimum Gasteiger partial charge on any atom is -0.373 e. The fraction of sp³-hybridized carbons (Fsp3) is 0.400. The van der Waals surface area contributed by atoms with E-state index in [0.29, 0.717) is 26.2 Å². The zero-order valence-electron chi connectivity index (χ0n) is 12.8. The van der Waals surface area contributed by atoms with E-state index in [1.807, 2.05) is 13.1 Å². The Hall–Kier alpha value is -2.48. The monoisotopic (exact) mass is 319 g/mol. The van der Waals surface area contributed by atoms with Crippen molar-refractivity contribution in [1.29, 1.82) is 0 Å². The lowest BCUT2D eigenvalue weighted by molar-refractivity contribution is -0.0220. The molecule has 1 aliphatic rings. The first-order valence-electron chi connectivity index (χ1n) is 7.38. The molecule has 122 valence electrons. The second kappa shape index (κ2) is 6.74. The van der Waals surface area contributed by atoms with Gasteiger partial charge in [-0.1, -0.05) is 0 Å². The largest absolute Gasteiger partial charge is 0.373 e. The van der Waals surface area contributed by atoms with Crippen LogP contribution in [-0.4, -0.2) is 51.5 Å². The van der Waals surface area contributed by atoms with Gasteiger partial charge in [-0.25, -0.2) is 9.18 Å². The van der Waals surface area contributed by atoms with Gasteiger partial charge in [0.2, 0.25) is 0 Å².